The highest BCUT2D eigenvalue weighted by atomic mass is 16.1. The Bertz CT molecular complexity index is 628. The molecule has 0 aliphatic rings. The molecule has 0 atom stereocenters. The zero-order valence-corrected chi connectivity index (χ0v) is 13.8. The molecule has 118 valence electrons. The van der Waals surface area contributed by atoms with Gasteiger partial charge in [-0.1, -0.05) is 12.1 Å². The molecule has 0 aliphatic carbocycles. The van der Waals surface area contributed by atoms with E-state index in [2.05, 4.69) is 53.4 Å². The van der Waals surface area contributed by atoms with Crippen LogP contribution in [0.3, 0.4) is 0 Å². The van der Waals surface area contributed by atoms with Crippen LogP contribution in [0, 0.1) is 13.8 Å². The molecule has 0 aliphatic heterocycles. The van der Waals surface area contributed by atoms with Gasteiger partial charge in [0.05, 0.1) is 0 Å². The van der Waals surface area contributed by atoms with Crippen molar-refractivity contribution in [1.29, 1.82) is 0 Å². The largest absolute Gasteiger partial charge is 0.370 e. The Morgan fingerprint density at radius 1 is 1.32 bits per heavy atom. The van der Waals surface area contributed by atoms with Crippen LogP contribution >= 0.6 is 0 Å². The predicted octanol–water partition coefficient (Wildman–Crippen LogP) is 2.29. The standard InChI is InChI=1S/C17H24N4O/c1-5-21(15-8-6-7-13(2)11-15)10-9-18-17(22)16-12-14(3)20(4)19-16/h6-8,11-12H,5,9-10H2,1-4H3,(H,18,22). The van der Waals surface area contributed by atoms with Crippen molar-refractivity contribution in [3.8, 4) is 0 Å². The molecule has 0 saturated carbocycles. The summed E-state index contributed by atoms with van der Waals surface area (Å²) in [5, 5.41) is 7.12. The molecule has 1 aromatic heterocycles. The summed E-state index contributed by atoms with van der Waals surface area (Å²) in [4.78, 5) is 14.3. The van der Waals surface area contributed by atoms with Crippen molar-refractivity contribution in [1.82, 2.24) is 15.1 Å². The fourth-order valence-corrected chi connectivity index (χ4v) is 2.36. The molecule has 5 heteroatoms. The van der Waals surface area contributed by atoms with Gasteiger partial charge in [-0.15, -0.1) is 0 Å². The maximum Gasteiger partial charge on any atom is 0.271 e. The number of nitrogens with zero attached hydrogens (tertiary/aromatic N) is 3. The second-order valence-corrected chi connectivity index (χ2v) is 5.47. The Balaban J connectivity index is 1.90. The molecule has 0 unspecified atom stereocenters. The molecule has 2 rings (SSSR count). The highest BCUT2D eigenvalue weighted by Crippen LogP contribution is 2.15. The van der Waals surface area contributed by atoms with E-state index in [4.69, 9.17) is 0 Å². The summed E-state index contributed by atoms with van der Waals surface area (Å²) >= 11 is 0. The van der Waals surface area contributed by atoms with Gasteiger partial charge >= 0.3 is 0 Å². The molecule has 0 radical (unpaired) electrons. The monoisotopic (exact) mass is 300 g/mol. The van der Waals surface area contributed by atoms with Crippen molar-refractivity contribution in [3.05, 3.63) is 47.3 Å². The molecule has 1 heterocycles. The number of nitrogens with one attached hydrogen (secondary N) is 1. The van der Waals surface area contributed by atoms with Gasteiger partial charge in [-0.2, -0.15) is 5.10 Å². The average molecular weight is 300 g/mol. The third-order valence-electron chi connectivity index (χ3n) is 3.76. The minimum Gasteiger partial charge on any atom is -0.370 e. The predicted molar refractivity (Wildman–Crippen MR) is 89.3 cm³/mol. The van der Waals surface area contributed by atoms with Gasteiger partial charge in [-0.25, -0.2) is 0 Å². The van der Waals surface area contributed by atoms with Gasteiger partial charge < -0.3 is 10.2 Å². The second kappa shape index (κ2) is 7.11. The summed E-state index contributed by atoms with van der Waals surface area (Å²) in [6.45, 7) is 8.41. The van der Waals surface area contributed by atoms with Crippen LogP contribution in [-0.2, 0) is 7.05 Å². The number of rotatable bonds is 6. The fraction of sp³-hybridized carbons (Fsp3) is 0.412. The van der Waals surface area contributed by atoms with E-state index in [0.717, 1.165) is 18.8 Å². The lowest BCUT2D eigenvalue weighted by molar-refractivity contribution is 0.0949. The number of anilines is 1. The van der Waals surface area contributed by atoms with Gasteiger partial charge in [0.15, 0.2) is 0 Å². The van der Waals surface area contributed by atoms with E-state index < -0.39 is 0 Å². The minimum absolute atomic E-state index is 0.121. The molecule has 0 saturated heterocycles. The van der Waals surface area contributed by atoms with Gasteiger partial charge in [0.1, 0.15) is 5.69 Å². The Morgan fingerprint density at radius 2 is 2.09 bits per heavy atom. The van der Waals surface area contributed by atoms with E-state index in [0.29, 0.717) is 12.2 Å². The number of carbonyl (C=O) groups excluding carboxylic acids is 1. The molecule has 1 N–H and O–H groups in total. The zero-order chi connectivity index (χ0) is 16.1. The van der Waals surface area contributed by atoms with Crippen molar-refractivity contribution in [2.45, 2.75) is 20.8 Å². The van der Waals surface area contributed by atoms with Crippen molar-refractivity contribution in [2.24, 2.45) is 7.05 Å². The molecule has 1 amide bonds. The molecule has 22 heavy (non-hydrogen) atoms. The maximum absolute atomic E-state index is 12.1. The number of likely N-dealkylation sites (N-methyl/N-ethyl adjacent to an activating group) is 1. The summed E-state index contributed by atoms with van der Waals surface area (Å²) in [7, 11) is 1.84. The molecule has 2 aromatic rings. The van der Waals surface area contributed by atoms with Crippen molar-refractivity contribution in [3.63, 3.8) is 0 Å². The maximum atomic E-state index is 12.1. The van der Waals surface area contributed by atoms with Gasteiger partial charge in [0, 0.05) is 38.1 Å². The summed E-state index contributed by atoms with van der Waals surface area (Å²) in [6, 6.07) is 10.2. The molecule has 0 fully saturated rings. The normalized spacial score (nSPS) is 10.5. The first-order valence-electron chi connectivity index (χ1n) is 7.61. The summed E-state index contributed by atoms with van der Waals surface area (Å²) < 4.78 is 1.71. The number of aromatic nitrogens is 2. The summed E-state index contributed by atoms with van der Waals surface area (Å²) in [6.07, 6.45) is 0. The number of amides is 1. The van der Waals surface area contributed by atoms with Crippen molar-refractivity contribution >= 4 is 11.6 Å². The van der Waals surface area contributed by atoms with Crippen LogP contribution in [0.5, 0.6) is 0 Å². The molecule has 0 bridgehead atoms. The lowest BCUT2D eigenvalue weighted by Gasteiger charge is -2.23. The van der Waals surface area contributed by atoms with Gasteiger partial charge in [0.2, 0.25) is 0 Å². The third kappa shape index (κ3) is 3.87. The first-order valence-corrected chi connectivity index (χ1v) is 7.61. The van der Waals surface area contributed by atoms with Crippen LogP contribution in [0.1, 0.15) is 28.7 Å². The zero-order valence-electron chi connectivity index (χ0n) is 13.8. The average Bonchev–Trinajstić information content (AvgIpc) is 2.83. The Morgan fingerprint density at radius 3 is 2.68 bits per heavy atom. The van der Waals surface area contributed by atoms with Crippen LogP contribution in [0.25, 0.3) is 0 Å². The van der Waals surface area contributed by atoms with E-state index in [1.165, 1.54) is 11.3 Å². The number of carbonyl (C=O) groups is 1. The number of benzene rings is 1. The molecule has 1 aromatic carbocycles. The van der Waals surface area contributed by atoms with Crippen molar-refractivity contribution in [2.75, 3.05) is 24.5 Å². The highest BCUT2D eigenvalue weighted by molar-refractivity contribution is 5.92. The SMILES string of the molecule is CCN(CCNC(=O)c1cc(C)n(C)n1)c1cccc(C)c1. The smallest absolute Gasteiger partial charge is 0.271 e. The van der Waals surface area contributed by atoms with Crippen LogP contribution in [0.4, 0.5) is 5.69 Å². The summed E-state index contributed by atoms with van der Waals surface area (Å²) in [5.74, 6) is -0.121. The van der Waals surface area contributed by atoms with Crippen LogP contribution < -0.4 is 10.2 Å². The molecule has 5 nitrogen and oxygen atoms in total. The van der Waals surface area contributed by atoms with Gasteiger partial charge in [0.25, 0.3) is 5.91 Å². The second-order valence-electron chi connectivity index (χ2n) is 5.47. The van der Waals surface area contributed by atoms with E-state index in [1.54, 1.807) is 10.7 Å². The van der Waals surface area contributed by atoms with Crippen LogP contribution in [-0.4, -0.2) is 35.3 Å². The Kier molecular flexibility index (Phi) is 5.20. The van der Waals surface area contributed by atoms with Crippen LogP contribution in [0.15, 0.2) is 30.3 Å². The molecular formula is C17H24N4O. The fourth-order valence-electron chi connectivity index (χ4n) is 2.36. The number of aryl methyl sites for hydroxylation is 3. The van der Waals surface area contributed by atoms with E-state index in [1.807, 2.05) is 14.0 Å². The van der Waals surface area contributed by atoms with Gasteiger partial charge in [-0.3, -0.25) is 9.48 Å². The first-order chi connectivity index (χ1) is 10.5. The quantitative estimate of drug-likeness (QED) is 0.890. The van der Waals surface area contributed by atoms with E-state index in [-0.39, 0.29) is 5.91 Å². The van der Waals surface area contributed by atoms with Crippen LogP contribution in [0.2, 0.25) is 0 Å². The minimum atomic E-state index is -0.121. The third-order valence-corrected chi connectivity index (χ3v) is 3.76. The molecular weight excluding hydrogens is 276 g/mol. The number of hydrogen-bond acceptors (Lipinski definition) is 3. The highest BCUT2D eigenvalue weighted by Gasteiger charge is 2.11. The lowest BCUT2D eigenvalue weighted by Crippen LogP contribution is -2.35. The first kappa shape index (κ1) is 16.1. The van der Waals surface area contributed by atoms with E-state index in [9.17, 15) is 4.79 Å². The Labute approximate surface area is 131 Å². The molecule has 0 spiro atoms. The van der Waals surface area contributed by atoms with Crippen molar-refractivity contribution < 1.29 is 4.79 Å². The topological polar surface area (TPSA) is 50.2 Å². The van der Waals surface area contributed by atoms with Gasteiger partial charge in [-0.05, 0) is 44.5 Å². The Hall–Kier alpha value is -2.30. The lowest BCUT2D eigenvalue weighted by atomic mass is 10.2. The van der Waals surface area contributed by atoms with E-state index >= 15 is 0 Å². The number of hydrogen-bond donors (Lipinski definition) is 1. The summed E-state index contributed by atoms with van der Waals surface area (Å²) in [5.41, 5.74) is 3.87.